The van der Waals surface area contributed by atoms with Crippen molar-refractivity contribution in [3.8, 4) is 0 Å². The number of imidazole rings is 1. The third-order valence-electron chi connectivity index (χ3n) is 5.12. The number of aryl methyl sites for hydroxylation is 1. The lowest BCUT2D eigenvalue weighted by molar-refractivity contribution is -0.141. The number of ether oxygens (including phenoxy) is 1. The van der Waals surface area contributed by atoms with Gasteiger partial charge in [-0.3, -0.25) is 4.79 Å². The van der Waals surface area contributed by atoms with Crippen LogP contribution in [0.5, 0.6) is 0 Å². The minimum atomic E-state index is -4.69. The third kappa shape index (κ3) is 5.06. The number of nitrogens with one attached hydrogen (secondary N) is 1. The molecule has 0 atom stereocenters. The predicted molar refractivity (Wildman–Crippen MR) is 117 cm³/mol. The van der Waals surface area contributed by atoms with E-state index in [0.29, 0.717) is 38.4 Å². The molecule has 176 valence electrons. The number of thioether (sulfide) groups is 1. The monoisotopic (exact) mass is 483 g/mol. The van der Waals surface area contributed by atoms with Crippen molar-refractivity contribution in [1.29, 1.82) is 0 Å². The van der Waals surface area contributed by atoms with Crippen LogP contribution in [0.3, 0.4) is 0 Å². The van der Waals surface area contributed by atoms with E-state index in [1.165, 1.54) is 16.7 Å². The first-order chi connectivity index (χ1) is 15.8. The minimum absolute atomic E-state index is 0.111. The summed E-state index contributed by atoms with van der Waals surface area (Å²) in [6.07, 6.45) is 1.11. The maximum absolute atomic E-state index is 15.6. The fraction of sp³-hybridized carbons (Fsp3) is 0.381. The Kier molecular flexibility index (Phi) is 6.75. The molecule has 1 N–H and O–H groups in total. The zero-order valence-electron chi connectivity index (χ0n) is 17.7. The molecule has 1 aliphatic heterocycles. The molecule has 0 unspecified atom stereocenters. The summed E-state index contributed by atoms with van der Waals surface area (Å²) in [5.41, 5.74) is -0.571. The summed E-state index contributed by atoms with van der Waals surface area (Å²) in [4.78, 5) is 22.3. The highest BCUT2D eigenvalue weighted by molar-refractivity contribution is 7.98. The van der Waals surface area contributed by atoms with Gasteiger partial charge in [0.15, 0.2) is 11.5 Å². The Morgan fingerprint density at radius 1 is 1.21 bits per heavy atom. The average molecular weight is 483 g/mol. The van der Waals surface area contributed by atoms with E-state index >= 15 is 4.39 Å². The fourth-order valence-electron chi connectivity index (χ4n) is 3.55. The zero-order chi connectivity index (χ0) is 23.6. The number of carbonyl (C=O) groups is 1. The number of alkyl halides is 3. The molecule has 4 heterocycles. The number of pyridine rings is 2. The molecular formula is C21H21F4N5O2S. The van der Waals surface area contributed by atoms with Gasteiger partial charge in [0, 0.05) is 31.9 Å². The van der Waals surface area contributed by atoms with Crippen LogP contribution in [0.1, 0.15) is 21.9 Å². The lowest BCUT2D eigenvalue weighted by Gasteiger charge is -2.30. The molecule has 0 bridgehead atoms. The molecule has 1 fully saturated rings. The highest BCUT2D eigenvalue weighted by atomic mass is 32.2. The first-order valence-corrected chi connectivity index (χ1v) is 11.5. The van der Waals surface area contributed by atoms with Gasteiger partial charge in [0.25, 0.3) is 5.91 Å². The molecule has 0 aliphatic carbocycles. The van der Waals surface area contributed by atoms with Crippen LogP contribution in [0.2, 0.25) is 0 Å². The number of nitrogens with zero attached hydrogens (tertiary/aromatic N) is 4. The SMILES string of the molecule is CSCCc1cn2cc(NC(=O)c3cccc(C(F)(F)F)n3)c(N3CCOCC3)c(F)c2n1. The molecule has 1 aliphatic rings. The maximum Gasteiger partial charge on any atom is 0.433 e. The Balaban J connectivity index is 1.74. The zero-order valence-corrected chi connectivity index (χ0v) is 18.5. The van der Waals surface area contributed by atoms with E-state index < -0.39 is 29.3 Å². The number of amides is 1. The van der Waals surface area contributed by atoms with Gasteiger partial charge in [-0.25, -0.2) is 14.4 Å². The van der Waals surface area contributed by atoms with Gasteiger partial charge in [-0.05, 0) is 24.1 Å². The van der Waals surface area contributed by atoms with E-state index in [-0.39, 0.29) is 17.0 Å². The molecule has 33 heavy (non-hydrogen) atoms. The van der Waals surface area contributed by atoms with Gasteiger partial charge in [0.2, 0.25) is 0 Å². The highest BCUT2D eigenvalue weighted by Crippen LogP contribution is 2.33. The number of halogens is 4. The van der Waals surface area contributed by atoms with Crippen LogP contribution in [0, 0.1) is 5.82 Å². The summed E-state index contributed by atoms with van der Waals surface area (Å²) in [5.74, 6) is -0.689. The van der Waals surface area contributed by atoms with Gasteiger partial charge in [0.05, 0.1) is 24.6 Å². The summed E-state index contributed by atoms with van der Waals surface area (Å²) in [6, 6.07) is 3.06. The highest BCUT2D eigenvalue weighted by Gasteiger charge is 2.33. The van der Waals surface area contributed by atoms with Crippen molar-refractivity contribution in [3.05, 3.63) is 53.5 Å². The van der Waals surface area contributed by atoms with Crippen LogP contribution in [0.25, 0.3) is 5.65 Å². The Bertz CT molecular complexity index is 1160. The molecule has 1 saturated heterocycles. The minimum Gasteiger partial charge on any atom is -0.378 e. The largest absolute Gasteiger partial charge is 0.433 e. The molecule has 0 aromatic carbocycles. The number of fused-ring (bicyclic) bond motifs is 1. The lowest BCUT2D eigenvalue weighted by atomic mass is 10.2. The molecule has 0 radical (unpaired) electrons. The summed E-state index contributed by atoms with van der Waals surface area (Å²) >= 11 is 1.64. The molecule has 7 nitrogen and oxygen atoms in total. The van der Waals surface area contributed by atoms with Crippen molar-refractivity contribution in [3.63, 3.8) is 0 Å². The summed E-state index contributed by atoms with van der Waals surface area (Å²) < 4.78 is 61.5. The molecule has 1 amide bonds. The van der Waals surface area contributed by atoms with Crippen molar-refractivity contribution >= 4 is 34.7 Å². The number of rotatable bonds is 6. The Morgan fingerprint density at radius 2 is 1.97 bits per heavy atom. The first kappa shape index (κ1) is 23.3. The smallest absolute Gasteiger partial charge is 0.378 e. The first-order valence-electron chi connectivity index (χ1n) is 10.1. The van der Waals surface area contributed by atoms with Gasteiger partial charge < -0.3 is 19.4 Å². The predicted octanol–water partition coefficient (Wildman–Crippen LogP) is 3.88. The van der Waals surface area contributed by atoms with Crippen molar-refractivity contribution < 1.29 is 27.1 Å². The molecule has 12 heteroatoms. The van der Waals surface area contributed by atoms with Gasteiger partial charge in [-0.2, -0.15) is 24.9 Å². The molecule has 3 aromatic rings. The quantitative estimate of drug-likeness (QED) is 0.537. The van der Waals surface area contributed by atoms with Crippen LogP contribution in [0.4, 0.5) is 28.9 Å². The number of anilines is 2. The average Bonchev–Trinajstić information content (AvgIpc) is 3.21. The van der Waals surface area contributed by atoms with Crippen molar-refractivity contribution in [1.82, 2.24) is 14.4 Å². The van der Waals surface area contributed by atoms with E-state index in [1.54, 1.807) is 22.9 Å². The second-order valence-electron chi connectivity index (χ2n) is 7.37. The molecule has 3 aromatic heterocycles. The summed E-state index contributed by atoms with van der Waals surface area (Å²) in [5, 5.41) is 2.54. The normalized spacial score (nSPS) is 14.6. The van der Waals surface area contributed by atoms with Crippen LogP contribution < -0.4 is 10.2 Å². The number of hydrogen-bond donors (Lipinski definition) is 1. The fourth-order valence-corrected chi connectivity index (χ4v) is 3.96. The molecule has 4 rings (SSSR count). The Morgan fingerprint density at radius 3 is 2.67 bits per heavy atom. The maximum atomic E-state index is 15.6. The number of carbonyl (C=O) groups excluding carboxylic acids is 1. The third-order valence-corrected chi connectivity index (χ3v) is 5.73. The van der Waals surface area contributed by atoms with E-state index in [4.69, 9.17) is 4.74 Å². The lowest BCUT2D eigenvalue weighted by Crippen LogP contribution is -2.37. The van der Waals surface area contributed by atoms with Crippen LogP contribution >= 0.6 is 11.8 Å². The van der Waals surface area contributed by atoms with Gasteiger partial charge in [0.1, 0.15) is 17.1 Å². The second kappa shape index (κ2) is 9.56. The molecule has 0 spiro atoms. The van der Waals surface area contributed by atoms with Gasteiger partial charge in [-0.15, -0.1) is 0 Å². The van der Waals surface area contributed by atoms with E-state index in [1.807, 2.05) is 6.26 Å². The van der Waals surface area contributed by atoms with Gasteiger partial charge >= 0.3 is 6.18 Å². The standard InChI is InChI=1S/C21H21F4N5O2S/c1-33-10-5-13-11-30-12-15(18(17(22)19(30)26-13)29-6-8-32-9-7-29)28-20(31)14-3-2-4-16(27-14)21(23,24)25/h2-4,11-12H,5-10H2,1H3,(H,28,31). The van der Waals surface area contributed by atoms with Gasteiger partial charge in [-0.1, -0.05) is 6.07 Å². The topological polar surface area (TPSA) is 71.8 Å². The molecular weight excluding hydrogens is 462 g/mol. The summed E-state index contributed by atoms with van der Waals surface area (Å²) in [7, 11) is 0. The Labute approximate surface area is 191 Å². The van der Waals surface area contributed by atoms with E-state index in [0.717, 1.165) is 17.9 Å². The van der Waals surface area contributed by atoms with E-state index in [2.05, 4.69) is 15.3 Å². The second-order valence-corrected chi connectivity index (χ2v) is 8.36. The van der Waals surface area contributed by atoms with Crippen LogP contribution in [-0.2, 0) is 17.3 Å². The van der Waals surface area contributed by atoms with Crippen molar-refractivity contribution in [2.24, 2.45) is 0 Å². The van der Waals surface area contributed by atoms with Crippen LogP contribution in [-0.4, -0.2) is 58.6 Å². The number of aromatic nitrogens is 3. The van der Waals surface area contributed by atoms with Crippen molar-refractivity contribution in [2.75, 3.05) is 48.5 Å². The number of morpholine rings is 1. The van der Waals surface area contributed by atoms with E-state index in [9.17, 15) is 18.0 Å². The molecule has 0 saturated carbocycles. The number of hydrogen-bond acceptors (Lipinski definition) is 6. The summed E-state index contributed by atoms with van der Waals surface area (Å²) in [6.45, 7) is 1.52. The van der Waals surface area contributed by atoms with Crippen molar-refractivity contribution in [2.45, 2.75) is 12.6 Å². The van der Waals surface area contributed by atoms with Crippen LogP contribution in [0.15, 0.2) is 30.6 Å². The Hall–Kier alpha value is -2.86.